The highest BCUT2D eigenvalue weighted by molar-refractivity contribution is 6.36. The Kier molecular flexibility index (Phi) is 8.59. The lowest BCUT2D eigenvalue weighted by molar-refractivity contribution is -0.151. The summed E-state index contributed by atoms with van der Waals surface area (Å²) in [5, 5.41) is 7.96. The second kappa shape index (κ2) is 13.0. The van der Waals surface area contributed by atoms with E-state index in [4.69, 9.17) is 21.3 Å². The number of carbonyl (C=O) groups excluding carboxylic acids is 2. The van der Waals surface area contributed by atoms with E-state index in [-0.39, 0.29) is 17.8 Å². The fourth-order valence-electron chi connectivity index (χ4n) is 6.62. The van der Waals surface area contributed by atoms with E-state index in [9.17, 15) is 9.59 Å². The number of amides is 1. The highest BCUT2D eigenvalue weighted by atomic mass is 35.5. The first-order valence-electron chi connectivity index (χ1n) is 15.9. The first kappa shape index (κ1) is 31.7. The molecule has 0 unspecified atom stereocenters. The molecule has 12 heteroatoms. The Hall–Kier alpha value is -4.84. The molecule has 0 radical (unpaired) electrons. The number of hydrogen-bond donors (Lipinski definition) is 2. The van der Waals surface area contributed by atoms with Crippen LogP contribution in [0.3, 0.4) is 0 Å². The number of nitrogens with zero attached hydrogens (tertiary/aromatic N) is 6. The molecule has 0 bridgehead atoms. The summed E-state index contributed by atoms with van der Waals surface area (Å²) in [5.41, 5.74) is 7.84. The van der Waals surface area contributed by atoms with Crippen LogP contribution in [0, 0.1) is 12.8 Å². The minimum absolute atomic E-state index is 0.0617. The lowest BCUT2D eigenvalue weighted by Gasteiger charge is -2.37. The molecule has 0 atom stereocenters. The van der Waals surface area contributed by atoms with Crippen molar-refractivity contribution in [1.82, 2.24) is 29.3 Å². The molecule has 5 aromatic rings. The summed E-state index contributed by atoms with van der Waals surface area (Å²) >= 11 is 7.06. The second-order valence-electron chi connectivity index (χ2n) is 12.6. The first-order valence-corrected chi connectivity index (χ1v) is 16.3. The number of fused-ring (bicyclic) bond motifs is 2. The molecule has 1 fully saturated rings. The fraction of sp³-hybridized carbons (Fsp3) is 0.306. The number of rotatable bonds is 8. The van der Waals surface area contributed by atoms with Gasteiger partial charge in [-0.05, 0) is 54.9 Å². The normalized spacial score (nSPS) is 15.2. The molecule has 2 aliphatic heterocycles. The van der Waals surface area contributed by atoms with Crippen molar-refractivity contribution >= 4 is 51.6 Å². The SMILES string of the molecule is COC(=O)C1CN(Cc2cnc3c(Nc4cccc(-c5cccc(NC(=O)c6nc7c(n6C)CCN(C)C7)c5C)c4Cl)nccc3c2)C1. The van der Waals surface area contributed by atoms with Crippen LogP contribution < -0.4 is 10.6 Å². The van der Waals surface area contributed by atoms with Crippen molar-refractivity contribution in [1.29, 1.82) is 0 Å². The van der Waals surface area contributed by atoms with Gasteiger partial charge in [-0.2, -0.15) is 0 Å². The van der Waals surface area contributed by atoms with Gasteiger partial charge in [0.2, 0.25) is 0 Å². The Morgan fingerprint density at radius 2 is 1.81 bits per heavy atom. The predicted molar refractivity (Wildman–Crippen MR) is 186 cm³/mol. The minimum atomic E-state index is -0.246. The lowest BCUT2D eigenvalue weighted by Crippen LogP contribution is -2.49. The Balaban J connectivity index is 1.10. The van der Waals surface area contributed by atoms with E-state index in [1.54, 1.807) is 6.20 Å². The summed E-state index contributed by atoms with van der Waals surface area (Å²) < 4.78 is 6.76. The molecule has 48 heavy (non-hydrogen) atoms. The van der Waals surface area contributed by atoms with Gasteiger partial charge in [-0.25, -0.2) is 9.97 Å². The molecule has 1 saturated heterocycles. The number of likely N-dealkylation sites (N-methyl/N-ethyl adjacent to an activating group) is 1. The Bertz CT molecular complexity index is 2060. The molecular formula is C36H37ClN8O3. The zero-order chi connectivity index (χ0) is 33.5. The highest BCUT2D eigenvalue weighted by Crippen LogP contribution is 2.39. The molecule has 3 aromatic heterocycles. The van der Waals surface area contributed by atoms with Crippen LogP contribution in [-0.2, 0) is 36.1 Å². The smallest absolute Gasteiger partial charge is 0.311 e. The zero-order valence-corrected chi connectivity index (χ0v) is 28.1. The number of anilines is 3. The van der Waals surface area contributed by atoms with Crippen molar-refractivity contribution in [2.45, 2.75) is 26.4 Å². The molecule has 2 N–H and O–H groups in total. The summed E-state index contributed by atoms with van der Waals surface area (Å²) in [6.45, 7) is 5.72. The molecule has 2 aromatic carbocycles. The zero-order valence-electron chi connectivity index (χ0n) is 27.4. The number of nitrogens with one attached hydrogen (secondary N) is 2. The van der Waals surface area contributed by atoms with E-state index in [1.165, 1.54) is 7.11 Å². The molecule has 0 saturated carbocycles. The van der Waals surface area contributed by atoms with Crippen molar-refractivity contribution < 1.29 is 14.3 Å². The van der Waals surface area contributed by atoms with Crippen LogP contribution in [0.1, 0.15) is 33.1 Å². The molecule has 2 aliphatic rings. The Morgan fingerprint density at radius 1 is 1.04 bits per heavy atom. The fourth-order valence-corrected chi connectivity index (χ4v) is 6.90. The quantitative estimate of drug-likeness (QED) is 0.205. The van der Waals surface area contributed by atoms with Crippen LogP contribution in [0.2, 0.25) is 5.02 Å². The van der Waals surface area contributed by atoms with Crippen molar-refractivity contribution in [2.24, 2.45) is 13.0 Å². The average Bonchev–Trinajstić information content (AvgIpc) is 3.39. The molecule has 11 nitrogen and oxygen atoms in total. The summed E-state index contributed by atoms with van der Waals surface area (Å²) in [4.78, 5) is 43.6. The number of likely N-dealkylation sites (tertiary alicyclic amines) is 1. The van der Waals surface area contributed by atoms with Gasteiger partial charge >= 0.3 is 5.97 Å². The third kappa shape index (κ3) is 6.00. The lowest BCUT2D eigenvalue weighted by atomic mass is 9.98. The largest absolute Gasteiger partial charge is 0.469 e. The molecule has 0 spiro atoms. The molecular weight excluding hydrogens is 628 g/mol. The Morgan fingerprint density at radius 3 is 2.60 bits per heavy atom. The van der Waals surface area contributed by atoms with Crippen molar-refractivity contribution in [3.63, 3.8) is 0 Å². The number of ether oxygens (including phenoxy) is 1. The summed E-state index contributed by atoms with van der Waals surface area (Å²) in [5.74, 6) is 0.529. The van der Waals surface area contributed by atoms with E-state index >= 15 is 0 Å². The van der Waals surface area contributed by atoms with Gasteiger partial charge in [-0.15, -0.1) is 0 Å². The number of hydrogen-bond acceptors (Lipinski definition) is 9. The van der Waals surface area contributed by atoms with Crippen LogP contribution in [0.25, 0.3) is 22.0 Å². The Labute approximate surface area is 283 Å². The monoisotopic (exact) mass is 664 g/mol. The van der Waals surface area contributed by atoms with Gasteiger partial charge < -0.3 is 24.8 Å². The molecule has 5 heterocycles. The number of imidazole rings is 1. The van der Waals surface area contributed by atoms with Gasteiger partial charge in [0.05, 0.1) is 29.4 Å². The van der Waals surface area contributed by atoms with Crippen LogP contribution in [0.5, 0.6) is 0 Å². The number of benzene rings is 2. The van der Waals surface area contributed by atoms with Crippen LogP contribution in [0.4, 0.5) is 17.2 Å². The van der Waals surface area contributed by atoms with Crippen molar-refractivity contribution in [3.05, 3.63) is 94.3 Å². The summed E-state index contributed by atoms with van der Waals surface area (Å²) in [6.07, 6.45) is 4.46. The summed E-state index contributed by atoms with van der Waals surface area (Å²) in [7, 11) is 5.40. The number of carbonyl (C=O) groups is 2. The van der Waals surface area contributed by atoms with E-state index in [0.29, 0.717) is 47.7 Å². The number of methoxy groups -OCH3 is 1. The third-order valence-electron chi connectivity index (χ3n) is 9.33. The van der Waals surface area contributed by atoms with Crippen molar-refractivity contribution in [2.75, 3.05) is 44.4 Å². The van der Waals surface area contributed by atoms with Gasteiger partial charge in [-0.1, -0.05) is 35.9 Å². The standard InChI is InChI=1S/C36H37ClN8O3/c1-21-25(7-5-9-27(21)42-35(46)34-41-29-20-43(2)14-12-30(29)44(34)3)26-8-6-10-28(31(26)37)40-33-32-23(11-13-38-33)15-22(16-39-32)17-45-18-24(19-45)36(47)48-4/h5-11,13,15-16,24H,12,14,17-20H2,1-4H3,(H,38,40)(H,42,46). The molecule has 246 valence electrons. The van der Waals surface area contributed by atoms with Crippen LogP contribution in [0.15, 0.2) is 60.9 Å². The molecule has 7 rings (SSSR count). The number of esters is 1. The number of pyridine rings is 2. The van der Waals surface area contributed by atoms with Gasteiger partial charge in [0.15, 0.2) is 11.6 Å². The maximum absolute atomic E-state index is 13.4. The van der Waals surface area contributed by atoms with Gasteiger partial charge in [0, 0.05) is 80.9 Å². The molecule has 1 amide bonds. The summed E-state index contributed by atoms with van der Waals surface area (Å²) in [6, 6.07) is 15.6. The topological polar surface area (TPSA) is 118 Å². The maximum Gasteiger partial charge on any atom is 0.311 e. The van der Waals surface area contributed by atoms with Gasteiger partial charge in [0.25, 0.3) is 5.91 Å². The second-order valence-corrected chi connectivity index (χ2v) is 13.0. The van der Waals surface area contributed by atoms with Gasteiger partial charge in [-0.3, -0.25) is 19.5 Å². The van der Waals surface area contributed by atoms with Gasteiger partial charge in [0.1, 0.15) is 5.52 Å². The van der Waals surface area contributed by atoms with Crippen LogP contribution >= 0.6 is 11.6 Å². The number of aromatic nitrogens is 4. The van der Waals surface area contributed by atoms with Crippen molar-refractivity contribution in [3.8, 4) is 11.1 Å². The predicted octanol–water partition coefficient (Wildman–Crippen LogP) is 5.58. The highest BCUT2D eigenvalue weighted by Gasteiger charge is 2.33. The minimum Gasteiger partial charge on any atom is -0.469 e. The van der Waals surface area contributed by atoms with Crippen LogP contribution in [-0.4, -0.2) is 75.0 Å². The van der Waals surface area contributed by atoms with E-state index in [0.717, 1.165) is 64.1 Å². The maximum atomic E-state index is 13.4. The van der Waals surface area contributed by atoms with E-state index in [1.807, 2.05) is 67.2 Å². The molecule has 0 aliphatic carbocycles. The third-order valence-corrected chi connectivity index (χ3v) is 9.73. The number of halogens is 1. The first-order chi connectivity index (χ1) is 23.2. The van der Waals surface area contributed by atoms with E-state index < -0.39 is 0 Å². The van der Waals surface area contributed by atoms with E-state index in [2.05, 4.69) is 43.5 Å². The average molecular weight is 665 g/mol.